The summed E-state index contributed by atoms with van der Waals surface area (Å²) in [6.45, 7) is -0.0261. The summed E-state index contributed by atoms with van der Waals surface area (Å²) in [5.74, 6) is -0.378. The molecule has 2 aromatic carbocycles. The van der Waals surface area contributed by atoms with E-state index in [0.717, 1.165) is 16.6 Å². The van der Waals surface area contributed by atoms with Crippen LogP contribution in [0.1, 0.15) is 0 Å². The quantitative estimate of drug-likeness (QED) is 0.555. The van der Waals surface area contributed by atoms with Crippen LogP contribution in [0.25, 0.3) is 10.9 Å². The number of fused-ring (bicyclic) bond motifs is 1. The summed E-state index contributed by atoms with van der Waals surface area (Å²) in [5.41, 5.74) is 1.52. The molecule has 1 aromatic heterocycles. The molecule has 3 rings (SSSR count). The molecule has 0 bridgehead atoms. The number of nitro groups is 1. The van der Waals surface area contributed by atoms with Crippen molar-refractivity contribution in [3.05, 3.63) is 70.9 Å². The minimum Gasteiger partial charge on any atom is -0.374 e. The van der Waals surface area contributed by atoms with Crippen molar-refractivity contribution in [3.63, 3.8) is 0 Å². The van der Waals surface area contributed by atoms with E-state index in [2.05, 4.69) is 15.6 Å². The molecule has 2 N–H and O–H groups in total. The second-order valence-corrected chi connectivity index (χ2v) is 5.06. The number of aromatic nitrogens is 1. The first-order chi connectivity index (χ1) is 11.6. The summed E-state index contributed by atoms with van der Waals surface area (Å²) in [6.07, 6.45) is 1.68. The number of hydrogen-bond acceptors (Lipinski definition) is 5. The highest BCUT2D eigenvalue weighted by molar-refractivity contribution is 5.97. The molecule has 1 amide bonds. The van der Waals surface area contributed by atoms with E-state index in [4.69, 9.17) is 0 Å². The van der Waals surface area contributed by atoms with Crippen molar-refractivity contribution in [3.8, 4) is 0 Å². The van der Waals surface area contributed by atoms with Crippen LogP contribution in [0.3, 0.4) is 0 Å². The highest BCUT2D eigenvalue weighted by Crippen LogP contribution is 2.23. The Hall–Kier alpha value is -3.48. The monoisotopic (exact) mass is 322 g/mol. The van der Waals surface area contributed by atoms with E-state index in [1.165, 1.54) is 12.1 Å². The Morgan fingerprint density at radius 2 is 1.79 bits per heavy atom. The van der Waals surface area contributed by atoms with Crippen LogP contribution in [-0.4, -0.2) is 22.4 Å². The van der Waals surface area contributed by atoms with Crippen molar-refractivity contribution in [2.24, 2.45) is 0 Å². The lowest BCUT2D eigenvalue weighted by molar-refractivity contribution is -0.383. The molecule has 0 fully saturated rings. The van der Waals surface area contributed by atoms with Crippen molar-refractivity contribution in [1.82, 2.24) is 4.98 Å². The van der Waals surface area contributed by atoms with Crippen molar-refractivity contribution < 1.29 is 9.72 Å². The molecule has 7 heteroatoms. The van der Waals surface area contributed by atoms with Crippen molar-refractivity contribution >= 4 is 33.9 Å². The van der Waals surface area contributed by atoms with Crippen LogP contribution in [0, 0.1) is 10.1 Å². The van der Waals surface area contributed by atoms with Gasteiger partial charge >= 0.3 is 0 Å². The molecule has 0 radical (unpaired) electrons. The van der Waals surface area contributed by atoms with Crippen LogP contribution in [0.4, 0.5) is 17.1 Å². The van der Waals surface area contributed by atoms with E-state index >= 15 is 0 Å². The third kappa shape index (κ3) is 3.30. The van der Waals surface area contributed by atoms with Crippen molar-refractivity contribution in [1.29, 1.82) is 0 Å². The van der Waals surface area contributed by atoms with E-state index < -0.39 is 4.92 Å². The average Bonchev–Trinajstić information content (AvgIpc) is 2.60. The molecule has 120 valence electrons. The molecule has 1 heterocycles. The Balaban J connectivity index is 1.71. The van der Waals surface area contributed by atoms with Crippen LogP contribution in [0.15, 0.2) is 60.8 Å². The molecule has 3 aromatic rings. The fraction of sp³-hybridized carbons (Fsp3) is 0.0588. The molecule has 24 heavy (non-hydrogen) atoms. The molecular weight excluding hydrogens is 308 g/mol. The summed E-state index contributed by atoms with van der Waals surface area (Å²) in [7, 11) is 0. The molecule has 0 aliphatic carbocycles. The summed E-state index contributed by atoms with van der Waals surface area (Å²) < 4.78 is 0. The second-order valence-electron chi connectivity index (χ2n) is 5.06. The standard InChI is InChI=1S/C17H14N4O3/c22-16(20-13-7-1-2-9-15(13)21(23)24)11-19-14-8-3-5-12-6-4-10-18-17(12)14/h1-10,19H,11H2,(H,20,22). The van der Waals surface area contributed by atoms with Gasteiger partial charge in [-0.05, 0) is 18.2 Å². The number of amides is 1. The first-order valence-electron chi connectivity index (χ1n) is 7.26. The molecule has 0 saturated heterocycles. The molecule has 0 aliphatic heterocycles. The lowest BCUT2D eigenvalue weighted by atomic mass is 10.2. The van der Waals surface area contributed by atoms with Crippen molar-refractivity contribution in [2.75, 3.05) is 17.2 Å². The van der Waals surface area contributed by atoms with E-state index in [9.17, 15) is 14.9 Å². The molecule has 0 spiro atoms. The molecule has 0 saturated carbocycles. The largest absolute Gasteiger partial charge is 0.374 e. The van der Waals surface area contributed by atoms with Gasteiger partial charge in [-0.1, -0.05) is 30.3 Å². The van der Waals surface area contributed by atoms with Gasteiger partial charge in [0.05, 0.1) is 22.7 Å². The number of nitro benzene ring substituents is 1. The Morgan fingerprint density at radius 3 is 2.62 bits per heavy atom. The fourth-order valence-corrected chi connectivity index (χ4v) is 2.36. The Kier molecular flexibility index (Phi) is 4.33. The highest BCUT2D eigenvalue weighted by atomic mass is 16.6. The third-order valence-electron chi connectivity index (χ3n) is 3.45. The van der Waals surface area contributed by atoms with Crippen LogP contribution < -0.4 is 10.6 Å². The zero-order chi connectivity index (χ0) is 16.9. The number of carbonyl (C=O) groups is 1. The molecule has 7 nitrogen and oxygen atoms in total. The van der Waals surface area contributed by atoms with Gasteiger partial charge in [-0.25, -0.2) is 0 Å². The van der Waals surface area contributed by atoms with Crippen molar-refractivity contribution in [2.45, 2.75) is 0 Å². The van der Waals surface area contributed by atoms with Gasteiger partial charge in [-0.15, -0.1) is 0 Å². The van der Waals surface area contributed by atoms with Crippen LogP contribution in [0.2, 0.25) is 0 Å². The SMILES string of the molecule is O=C(CNc1cccc2cccnc12)Nc1ccccc1[N+](=O)[O-]. The summed E-state index contributed by atoms with van der Waals surface area (Å²) in [6, 6.07) is 15.4. The van der Waals surface area contributed by atoms with Gasteiger partial charge in [-0.3, -0.25) is 19.9 Å². The first kappa shape index (κ1) is 15.4. The molecular formula is C17H14N4O3. The lowest BCUT2D eigenvalue weighted by Crippen LogP contribution is -2.22. The number of hydrogen-bond donors (Lipinski definition) is 2. The van der Waals surface area contributed by atoms with Gasteiger partial charge < -0.3 is 10.6 Å². The Bertz CT molecular complexity index is 906. The van der Waals surface area contributed by atoms with Gasteiger partial charge in [0.2, 0.25) is 5.91 Å². The number of anilines is 2. The average molecular weight is 322 g/mol. The maximum atomic E-state index is 12.1. The maximum absolute atomic E-state index is 12.1. The summed E-state index contributed by atoms with van der Waals surface area (Å²) >= 11 is 0. The lowest BCUT2D eigenvalue weighted by Gasteiger charge is -2.09. The number of carbonyl (C=O) groups excluding carboxylic acids is 1. The van der Waals surface area contributed by atoms with Gasteiger partial charge in [0.15, 0.2) is 0 Å². The summed E-state index contributed by atoms with van der Waals surface area (Å²) in [5, 5.41) is 17.5. The topological polar surface area (TPSA) is 97.2 Å². The predicted molar refractivity (Wildman–Crippen MR) is 92.0 cm³/mol. The number of pyridine rings is 1. The third-order valence-corrected chi connectivity index (χ3v) is 3.45. The maximum Gasteiger partial charge on any atom is 0.292 e. The van der Waals surface area contributed by atoms with E-state index in [1.807, 2.05) is 30.3 Å². The minimum atomic E-state index is -0.530. The first-order valence-corrected chi connectivity index (χ1v) is 7.26. The number of rotatable bonds is 5. The molecule has 0 atom stereocenters. The Morgan fingerprint density at radius 1 is 1.04 bits per heavy atom. The number of nitrogens with one attached hydrogen (secondary N) is 2. The summed E-state index contributed by atoms with van der Waals surface area (Å²) in [4.78, 5) is 26.8. The zero-order valence-electron chi connectivity index (χ0n) is 12.6. The van der Waals surface area contributed by atoms with Crippen LogP contribution >= 0.6 is 0 Å². The Labute approximate surface area is 137 Å². The van der Waals surface area contributed by atoms with Crippen LogP contribution in [0.5, 0.6) is 0 Å². The van der Waals surface area contributed by atoms with E-state index in [1.54, 1.807) is 18.3 Å². The number of nitrogens with zero attached hydrogens (tertiary/aromatic N) is 2. The second kappa shape index (κ2) is 6.74. The number of para-hydroxylation sites is 3. The smallest absolute Gasteiger partial charge is 0.292 e. The van der Waals surface area contributed by atoms with Gasteiger partial charge in [-0.2, -0.15) is 0 Å². The van der Waals surface area contributed by atoms with E-state index in [0.29, 0.717) is 0 Å². The van der Waals surface area contributed by atoms with Gasteiger partial charge in [0.25, 0.3) is 5.69 Å². The fourth-order valence-electron chi connectivity index (χ4n) is 2.36. The molecule has 0 unspecified atom stereocenters. The predicted octanol–water partition coefficient (Wildman–Crippen LogP) is 3.19. The molecule has 0 aliphatic rings. The number of benzene rings is 2. The van der Waals surface area contributed by atoms with Gasteiger partial charge in [0, 0.05) is 17.6 Å². The minimum absolute atomic E-state index is 0.0261. The van der Waals surface area contributed by atoms with Crippen LogP contribution in [-0.2, 0) is 4.79 Å². The highest BCUT2D eigenvalue weighted by Gasteiger charge is 2.14. The normalized spacial score (nSPS) is 10.3. The van der Waals surface area contributed by atoms with Gasteiger partial charge in [0.1, 0.15) is 5.69 Å². The van der Waals surface area contributed by atoms with E-state index in [-0.39, 0.29) is 23.8 Å². The zero-order valence-corrected chi connectivity index (χ0v) is 12.6.